The van der Waals surface area contributed by atoms with Crippen molar-refractivity contribution in [2.75, 3.05) is 17.2 Å². The van der Waals surface area contributed by atoms with Crippen LogP contribution in [0.15, 0.2) is 48.5 Å². The summed E-state index contributed by atoms with van der Waals surface area (Å²) < 4.78 is 0. The Kier molecular flexibility index (Phi) is 6.01. The number of likely N-dealkylation sites (tertiary alicyclic amines) is 1. The molecule has 1 saturated heterocycles. The quantitative estimate of drug-likeness (QED) is 0.804. The molecule has 0 bridgehead atoms. The van der Waals surface area contributed by atoms with E-state index in [4.69, 9.17) is 0 Å². The first kappa shape index (κ1) is 20.6. The number of amides is 3. The second-order valence-corrected chi connectivity index (χ2v) is 8.36. The average Bonchev–Trinajstić information content (AvgIpc) is 3.06. The topological polar surface area (TPSA) is 78.5 Å². The third kappa shape index (κ3) is 5.44. The minimum absolute atomic E-state index is 0.0925. The first-order chi connectivity index (χ1) is 13.7. The Morgan fingerprint density at radius 2 is 1.69 bits per heavy atom. The molecule has 152 valence electrons. The molecule has 1 fully saturated rings. The lowest BCUT2D eigenvalue weighted by molar-refractivity contribution is -0.128. The number of hydrogen-bond donors (Lipinski definition) is 2. The van der Waals surface area contributed by atoms with Crippen molar-refractivity contribution >= 4 is 29.1 Å². The third-order valence-corrected chi connectivity index (χ3v) is 4.79. The van der Waals surface area contributed by atoms with Crippen LogP contribution in [0, 0.1) is 5.41 Å². The summed E-state index contributed by atoms with van der Waals surface area (Å²) in [5.41, 5.74) is 2.18. The van der Waals surface area contributed by atoms with E-state index in [0.717, 1.165) is 18.5 Å². The highest BCUT2D eigenvalue weighted by Gasteiger charge is 2.22. The molecule has 0 aliphatic carbocycles. The maximum atomic E-state index is 12.7. The number of carbonyl (C=O) groups is 3. The van der Waals surface area contributed by atoms with E-state index in [1.807, 2.05) is 43.9 Å². The highest BCUT2D eigenvalue weighted by molar-refractivity contribution is 6.05. The van der Waals surface area contributed by atoms with Crippen LogP contribution >= 0.6 is 0 Å². The van der Waals surface area contributed by atoms with Crippen LogP contribution < -0.4 is 10.6 Å². The Hall–Kier alpha value is -3.15. The number of rotatable bonds is 5. The summed E-state index contributed by atoms with van der Waals surface area (Å²) in [6.07, 6.45) is 1.49. The van der Waals surface area contributed by atoms with E-state index in [1.54, 1.807) is 30.3 Å². The van der Waals surface area contributed by atoms with Crippen LogP contribution in [0.4, 0.5) is 11.4 Å². The van der Waals surface area contributed by atoms with E-state index in [0.29, 0.717) is 29.9 Å². The van der Waals surface area contributed by atoms with Gasteiger partial charge in [0, 0.05) is 41.9 Å². The van der Waals surface area contributed by atoms with Gasteiger partial charge < -0.3 is 15.5 Å². The molecule has 0 aromatic heterocycles. The Balaban J connectivity index is 1.67. The maximum Gasteiger partial charge on any atom is 0.255 e. The summed E-state index contributed by atoms with van der Waals surface area (Å²) in [5.74, 6) is -0.169. The summed E-state index contributed by atoms with van der Waals surface area (Å²) in [4.78, 5) is 38.5. The second-order valence-electron chi connectivity index (χ2n) is 8.36. The van der Waals surface area contributed by atoms with Crippen LogP contribution in [0.25, 0.3) is 0 Å². The van der Waals surface area contributed by atoms with Crippen molar-refractivity contribution in [3.63, 3.8) is 0 Å². The lowest BCUT2D eigenvalue weighted by Crippen LogP contribution is -2.27. The van der Waals surface area contributed by atoms with E-state index in [2.05, 4.69) is 10.6 Å². The maximum absolute atomic E-state index is 12.7. The Morgan fingerprint density at radius 3 is 2.34 bits per heavy atom. The van der Waals surface area contributed by atoms with Crippen LogP contribution in [0.5, 0.6) is 0 Å². The van der Waals surface area contributed by atoms with E-state index in [-0.39, 0.29) is 17.7 Å². The van der Waals surface area contributed by atoms with E-state index in [1.165, 1.54) is 0 Å². The molecule has 1 heterocycles. The number of benzene rings is 2. The van der Waals surface area contributed by atoms with E-state index in [9.17, 15) is 14.4 Å². The molecule has 1 aliphatic rings. The van der Waals surface area contributed by atoms with Crippen LogP contribution in [0.2, 0.25) is 0 Å². The molecule has 2 N–H and O–H groups in total. The van der Waals surface area contributed by atoms with Crippen molar-refractivity contribution in [1.82, 2.24) is 4.90 Å². The third-order valence-electron chi connectivity index (χ3n) is 4.79. The van der Waals surface area contributed by atoms with Crippen LogP contribution in [-0.4, -0.2) is 29.2 Å². The molecule has 0 saturated carbocycles. The fraction of sp³-hybridized carbons (Fsp3) is 0.348. The zero-order valence-corrected chi connectivity index (χ0v) is 17.1. The van der Waals surface area contributed by atoms with Gasteiger partial charge in [0.1, 0.15) is 0 Å². The monoisotopic (exact) mass is 393 g/mol. The SMILES string of the molecule is CC(C)(C)C(=O)Nc1cccc(NC(=O)c2cccc(CN3CCCC3=O)c2)c1. The van der Waals surface area contributed by atoms with Gasteiger partial charge in [-0.25, -0.2) is 0 Å². The van der Waals surface area contributed by atoms with Gasteiger partial charge in [-0.2, -0.15) is 0 Å². The van der Waals surface area contributed by atoms with E-state index < -0.39 is 5.41 Å². The minimum Gasteiger partial charge on any atom is -0.338 e. The predicted molar refractivity (Wildman–Crippen MR) is 114 cm³/mol. The predicted octanol–water partition coefficient (Wildman–Crippen LogP) is 4.05. The van der Waals surface area contributed by atoms with Crippen LogP contribution in [0.3, 0.4) is 0 Å². The second kappa shape index (κ2) is 8.47. The van der Waals surface area contributed by atoms with Gasteiger partial charge >= 0.3 is 0 Å². The lowest BCUT2D eigenvalue weighted by Gasteiger charge is -2.18. The first-order valence-corrected chi connectivity index (χ1v) is 9.82. The first-order valence-electron chi connectivity index (χ1n) is 9.82. The van der Waals surface area contributed by atoms with E-state index >= 15 is 0 Å². The molecule has 3 rings (SSSR count). The summed E-state index contributed by atoms with van der Waals surface area (Å²) in [5, 5.41) is 5.73. The number of anilines is 2. The highest BCUT2D eigenvalue weighted by Crippen LogP contribution is 2.21. The molecular formula is C23H27N3O3. The lowest BCUT2D eigenvalue weighted by atomic mass is 9.95. The molecule has 2 aromatic carbocycles. The number of nitrogens with one attached hydrogen (secondary N) is 2. The van der Waals surface area contributed by atoms with Crippen molar-refractivity contribution in [1.29, 1.82) is 0 Å². The largest absolute Gasteiger partial charge is 0.338 e. The number of carbonyl (C=O) groups excluding carboxylic acids is 3. The fourth-order valence-electron chi connectivity index (χ4n) is 3.10. The zero-order valence-electron chi connectivity index (χ0n) is 17.1. The highest BCUT2D eigenvalue weighted by atomic mass is 16.2. The van der Waals surface area contributed by atoms with Crippen molar-refractivity contribution in [3.8, 4) is 0 Å². The van der Waals surface area contributed by atoms with Gasteiger partial charge in [0.25, 0.3) is 5.91 Å². The Morgan fingerprint density at radius 1 is 1.00 bits per heavy atom. The summed E-state index contributed by atoms with van der Waals surface area (Å²) in [6, 6.07) is 14.4. The van der Waals surface area contributed by atoms with Crippen molar-refractivity contribution < 1.29 is 14.4 Å². The zero-order chi connectivity index (χ0) is 21.0. The number of hydrogen-bond acceptors (Lipinski definition) is 3. The van der Waals surface area contributed by atoms with Gasteiger partial charge in [-0.3, -0.25) is 14.4 Å². The van der Waals surface area contributed by atoms with Gasteiger partial charge in [-0.15, -0.1) is 0 Å². The molecule has 0 unspecified atom stereocenters. The molecule has 1 aliphatic heterocycles. The fourth-order valence-corrected chi connectivity index (χ4v) is 3.10. The van der Waals surface area contributed by atoms with Crippen LogP contribution in [-0.2, 0) is 16.1 Å². The number of nitrogens with zero attached hydrogens (tertiary/aromatic N) is 1. The standard InChI is InChI=1S/C23H27N3O3/c1-23(2,3)22(29)25-19-10-5-9-18(14-19)24-21(28)17-8-4-7-16(13-17)15-26-12-6-11-20(26)27/h4-5,7-10,13-14H,6,11-12,15H2,1-3H3,(H,24,28)(H,25,29). The van der Waals surface area contributed by atoms with Gasteiger partial charge in [0.2, 0.25) is 11.8 Å². The Labute approximate surface area is 171 Å². The molecule has 3 amide bonds. The normalized spacial score (nSPS) is 14.0. The smallest absolute Gasteiger partial charge is 0.255 e. The molecule has 29 heavy (non-hydrogen) atoms. The Bertz CT molecular complexity index is 931. The van der Waals surface area contributed by atoms with Crippen molar-refractivity contribution in [3.05, 3.63) is 59.7 Å². The molecule has 2 aromatic rings. The van der Waals surface area contributed by atoms with Gasteiger partial charge in [-0.05, 0) is 42.3 Å². The van der Waals surface area contributed by atoms with Crippen molar-refractivity contribution in [2.24, 2.45) is 5.41 Å². The molecular weight excluding hydrogens is 366 g/mol. The van der Waals surface area contributed by atoms with Gasteiger partial charge in [0.15, 0.2) is 0 Å². The molecule has 6 nitrogen and oxygen atoms in total. The average molecular weight is 393 g/mol. The summed E-state index contributed by atoms with van der Waals surface area (Å²) >= 11 is 0. The molecule has 6 heteroatoms. The summed E-state index contributed by atoms with van der Waals surface area (Å²) in [7, 11) is 0. The van der Waals surface area contributed by atoms with Gasteiger partial charge in [0.05, 0.1) is 0 Å². The molecule has 0 atom stereocenters. The van der Waals surface area contributed by atoms with Crippen LogP contribution in [0.1, 0.15) is 49.5 Å². The van der Waals surface area contributed by atoms with Gasteiger partial charge in [-0.1, -0.05) is 39.0 Å². The molecule has 0 radical (unpaired) electrons. The summed E-state index contributed by atoms with van der Waals surface area (Å²) in [6.45, 7) is 6.82. The molecule has 0 spiro atoms. The van der Waals surface area contributed by atoms with Crippen molar-refractivity contribution in [2.45, 2.75) is 40.2 Å². The minimum atomic E-state index is -0.504.